The number of carbonyl (C=O) groups is 1. The van der Waals surface area contributed by atoms with E-state index in [4.69, 9.17) is 11.6 Å². The van der Waals surface area contributed by atoms with Gasteiger partial charge in [0.15, 0.2) is 0 Å². The summed E-state index contributed by atoms with van der Waals surface area (Å²) in [5, 5.41) is 0.783. The van der Waals surface area contributed by atoms with E-state index in [1.807, 2.05) is 44.2 Å². The van der Waals surface area contributed by atoms with Crippen LogP contribution in [0.2, 0.25) is 5.02 Å². The molecule has 5 nitrogen and oxygen atoms in total. The minimum absolute atomic E-state index is 0.171. The molecule has 0 unspecified atom stereocenters. The molecule has 0 bridgehead atoms. The maximum absolute atomic E-state index is 12.6. The number of benzene rings is 2. The van der Waals surface area contributed by atoms with Crippen LogP contribution in [-0.4, -0.2) is 74.5 Å². The predicted octanol–water partition coefficient (Wildman–Crippen LogP) is 3.18. The van der Waals surface area contributed by atoms with Crippen LogP contribution in [0, 0.1) is 0 Å². The van der Waals surface area contributed by atoms with E-state index >= 15 is 0 Å². The van der Waals surface area contributed by atoms with Gasteiger partial charge in [0.2, 0.25) is 5.91 Å². The zero-order valence-electron chi connectivity index (χ0n) is 17.6. The minimum Gasteiger partial charge on any atom is -0.378 e. The van der Waals surface area contributed by atoms with Crippen LogP contribution in [-0.2, 0) is 17.9 Å². The van der Waals surface area contributed by atoms with Gasteiger partial charge in [-0.15, -0.1) is 0 Å². The third-order valence-electron chi connectivity index (χ3n) is 5.42. The van der Waals surface area contributed by atoms with E-state index < -0.39 is 0 Å². The van der Waals surface area contributed by atoms with E-state index in [-0.39, 0.29) is 5.91 Å². The molecule has 156 valence electrons. The second-order valence-corrected chi connectivity index (χ2v) is 8.43. The van der Waals surface area contributed by atoms with Gasteiger partial charge in [-0.3, -0.25) is 14.6 Å². The summed E-state index contributed by atoms with van der Waals surface area (Å²) in [6.07, 6.45) is 0. The Morgan fingerprint density at radius 1 is 0.931 bits per heavy atom. The second kappa shape index (κ2) is 10.1. The Labute approximate surface area is 179 Å². The fraction of sp³-hybridized carbons (Fsp3) is 0.435. The van der Waals surface area contributed by atoms with Crippen molar-refractivity contribution in [2.24, 2.45) is 0 Å². The van der Waals surface area contributed by atoms with Crippen LogP contribution in [0.15, 0.2) is 48.5 Å². The van der Waals surface area contributed by atoms with Gasteiger partial charge in [-0.1, -0.05) is 35.9 Å². The number of hydrogen-bond acceptors (Lipinski definition) is 4. The molecule has 2 aromatic rings. The van der Waals surface area contributed by atoms with Gasteiger partial charge in [0.1, 0.15) is 0 Å². The number of anilines is 1. The fourth-order valence-electron chi connectivity index (χ4n) is 3.57. The first-order valence-electron chi connectivity index (χ1n) is 10.1. The quantitative estimate of drug-likeness (QED) is 0.696. The van der Waals surface area contributed by atoms with E-state index in [1.165, 1.54) is 11.3 Å². The van der Waals surface area contributed by atoms with Crippen LogP contribution in [0.4, 0.5) is 5.69 Å². The molecule has 1 heterocycles. The number of carbonyl (C=O) groups excluding carboxylic acids is 1. The van der Waals surface area contributed by atoms with E-state index in [9.17, 15) is 4.79 Å². The maximum Gasteiger partial charge on any atom is 0.236 e. The normalized spacial score (nSPS) is 15.3. The number of hydrogen-bond donors (Lipinski definition) is 0. The zero-order chi connectivity index (χ0) is 20.8. The SMILES string of the molecule is CN(Cc1ccc(N(C)C)cc1)C(=O)CN1CCN(Cc2cccc(Cl)c2)CC1. The number of nitrogens with zero attached hydrogens (tertiary/aromatic N) is 4. The van der Waals surface area contributed by atoms with Crippen molar-refractivity contribution >= 4 is 23.2 Å². The summed E-state index contributed by atoms with van der Waals surface area (Å²) < 4.78 is 0. The van der Waals surface area contributed by atoms with Gasteiger partial charge in [-0.25, -0.2) is 0 Å². The molecule has 0 aliphatic carbocycles. The second-order valence-electron chi connectivity index (χ2n) is 7.99. The van der Waals surface area contributed by atoms with Crippen LogP contribution in [0.5, 0.6) is 0 Å². The molecule has 0 radical (unpaired) electrons. The van der Waals surface area contributed by atoms with Crippen molar-refractivity contribution in [3.63, 3.8) is 0 Å². The molecule has 29 heavy (non-hydrogen) atoms. The number of piperazine rings is 1. The van der Waals surface area contributed by atoms with Crippen molar-refractivity contribution < 1.29 is 4.79 Å². The summed E-state index contributed by atoms with van der Waals surface area (Å²) >= 11 is 6.08. The van der Waals surface area contributed by atoms with Gasteiger partial charge < -0.3 is 9.80 Å². The molecule has 1 aliphatic heterocycles. The van der Waals surface area contributed by atoms with Crippen LogP contribution in [0.3, 0.4) is 0 Å². The molecule has 1 fully saturated rings. The molecule has 2 aromatic carbocycles. The first kappa shape index (κ1) is 21.6. The van der Waals surface area contributed by atoms with Crippen molar-refractivity contribution in [2.75, 3.05) is 58.8 Å². The lowest BCUT2D eigenvalue weighted by atomic mass is 10.2. The predicted molar refractivity (Wildman–Crippen MR) is 120 cm³/mol. The maximum atomic E-state index is 12.6. The molecule has 0 N–H and O–H groups in total. The van der Waals surface area contributed by atoms with E-state index in [0.29, 0.717) is 13.1 Å². The molecule has 3 rings (SSSR count). The highest BCUT2D eigenvalue weighted by molar-refractivity contribution is 6.30. The zero-order valence-corrected chi connectivity index (χ0v) is 18.4. The van der Waals surface area contributed by atoms with Crippen LogP contribution in [0.25, 0.3) is 0 Å². The summed E-state index contributed by atoms with van der Waals surface area (Å²) in [5.74, 6) is 0.171. The fourth-order valence-corrected chi connectivity index (χ4v) is 3.79. The first-order valence-corrected chi connectivity index (χ1v) is 10.5. The number of rotatable bonds is 7. The average molecular weight is 415 g/mol. The van der Waals surface area contributed by atoms with Gasteiger partial charge in [-0.05, 0) is 35.4 Å². The molecule has 0 saturated carbocycles. The van der Waals surface area contributed by atoms with Crippen molar-refractivity contribution in [2.45, 2.75) is 13.1 Å². The smallest absolute Gasteiger partial charge is 0.236 e. The summed E-state index contributed by atoms with van der Waals surface area (Å²) in [6, 6.07) is 16.4. The van der Waals surface area contributed by atoms with E-state index in [0.717, 1.165) is 43.3 Å². The molecular formula is C23H31ClN4O. The molecular weight excluding hydrogens is 384 g/mol. The highest BCUT2D eigenvalue weighted by atomic mass is 35.5. The Morgan fingerprint density at radius 3 is 2.21 bits per heavy atom. The Balaban J connectivity index is 1.42. The summed E-state index contributed by atoms with van der Waals surface area (Å²) in [7, 11) is 5.94. The molecule has 1 amide bonds. The van der Waals surface area contributed by atoms with E-state index in [1.54, 1.807) is 0 Å². The van der Waals surface area contributed by atoms with Crippen molar-refractivity contribution in [1.82, 2.24) is 14.7 Å². The lowest BCUT2D eigenvalue weighted by molar-refractivity contribution is -0.132. The average Bonchev–Trinajstić information content (AvgIpc) is 2.70. The molecule has 6 heteroatoms. The number of halogens is 1. The third-order valence-corrected chi connectivity index (χ3v) is 5.65. The van der Waals surface area contributed by atoms with Crippen LogP contribution < -0.4 is 4.90 Å². The Morgan fingerprint density at radius 2 is 1.59 bits per heavy atom. The first-order chi connectivity index (χ1) is 13.9. The molecule has 1 aliphatic rings. The van der Waals surface area contributed by atoms with Gasteiger partial charge in [0.05, 0.1) is 6.54 Å². The highest BCUT2D eigenvalue weighted by Crippen LogP contribution is 2.15. The monoisotopic (exact) mass is 414 g/mol. The summed E-state index contributed by atoms with van der Waals surface area (Å²) in [4.78, 5) is 21.2. The number of likely N-dealkylation sites (N-methyl/N-ethyl adjacent to an activating group) is 1. The van der Waals surface area contributed by atoms with Gasteiger partial charge in [0, 0.05) is 71.1 Å². The summed E-state index contributed by atoms with van der Waals surface area (Å²) in [5.41, 5.74) is 3.55. The van der Waals surface area contributed by atoms with Gasteiger partial charge in [0.25, 0.3) is 0 Å². The topological polar surface area (TPSA) is 30.0 Å². The lowest BCUT2D eigenvalue weighted by Gasteiger charge is -2.35. The minimum atomic E-state index is 0.171. The lowest BCUT2D eigenvalue weighted by Crippen LogP contribution is -2.49. The van der Waals surface area contributed by atoms with Crippen LogP contribution in [0.1, 0.15) is 11.1 Å². The van der Waals surface area contributed by atoms with Crippen molar-refractivity contribution in [1.29, 1.82) is 0 Å². The molecule has 1 saturated heterocycles. The van der Waals surface area contributed by atoms with Crippen LogP contribution >= 0.6 is 11.6 Å². The molecule has 0 atom stereocenters. The summed E-state index contributed by atoms with van der Waals surface area (Å²) in [6.45, 7) is 5.80. The molecule has 0 spiro atoms. The Kier molecular flexibility index (Phi) is 7.53. The van der Waals surface area contributed by atoms with Gasteiger partial charge in [-0.2, -0.15) is 0 Å². The largest absolute Gasteiger partial charge is 0.378 e. The van der Waals surface area contributed by atoms with E-state index in [2.05, 4.69) is 45.0 Å². The Hall–Kier alpha value is -2.08. The van der Waals surface area contributed by atoms with Crippen molar-refractivity contribution in [3.8, 4) is 0 Å². The Bertz CT molecular complexity index is 801. The molecule has 0 aromatic heterocycles. The standard InChI is InChI=1S/C23H31ClN4O/c1-25(2)22-9-7-19(8-10-22)16-26(3)23(29)18-28-13-11-27(12-14-28)17-20-5-4-6-21(24)15-20/h4-10,15H,11-14,16-18H2,1-3H3. The van der Waals surface area contributed by atoms with Gasteiger partial charge >= 0.3 is 0 Å². The number of amides is 1. The third kappa shape index (κ3) is 6.46. The highest BCUT2D eigenvalue weighted by Gasteiger charge is 2.20. The van der Waals surface area contributed by atoms with Crippen molar-refractivity contribution in [3.05, 3.63) is 64.7 Å².